The molecule has 0 radical (unpaired) electrons. The molecule has 1 N–H and O–H groups in total. The average molecular weight is 425 g/mol. The lowest BCUT2D eigenvalue weighted by Crippen LogP contribution is -2.43. The maximum atomic E-state index is 12.4. The Balaban J connectivity index is 2.02. The molecule has 0 heterocycles. The number of hydrogen-bond donors (Lipinski definition) is 1. The average Bonchev–Trinajstić information content (AvgIpc) is 2.64. The van der Waals surface area contributed by atoms with Gasteiger partial charge in [-0.05, 0) is 43.5 Å². The molecule has 0 bridgehead atoms. The first-order valence-electron chi connectivity index (χ1n) is 8.85. The number of sulfonamides is 1. The highest BCUT2D eigenvalue weighted by Crippen LogP contribution is 2.30. The maximum absolute atomic E-state index is 12.4. The summed E-state index contributed by atoms with van der Waals surface area (Å²) in [4.78, 5) is 12.4. The Kier molecular flexibility index (Phi) is 7.71. The van der Waals surface area contributed by atoms with Crippen LogP contribution in [0.15, 0.2) is 48.5 Å². The molecule has 0 saturated heterocycles. The molecule has 0 aliphatic heterocycles. The van der Waals surface area contributed by atoms with Crippen LogP contribution in [0.1, 0.15) is 18.9 Å². The summed E-state index contributed by atoms with van der Waals surface area (Å²) >= 11 is 6.10. The quantitative estimate of drug-likeness (QED) is 0.670. The van der Waals surface area contributed by atoms with Crippen molar-refractivity contribution in [3.05, 3.63) is 59.1 Å². The minimum absolute atomic E-state index is 0.0893. The summed E-state index contributed by atoms with van der Waals surface area (Å²) in [6, 6.07) is 14.5. The summed E-state index contributed by atoms with van der Waals surface area (Å²) in [6.45, 7) is 1.58. The highest BCUT2D eigenvalue weighted by Gasteiger charge is 2.22. The second-order valence-electron chi connectivity index (χ2n) is 6.58. The van der Waals surface area contributed by atoms with Crippen LogP contribution in [0.4, 0.5) is 5.69 Å². The monoisotopic (exact) mass is 424 g/mol. The van der Waals surface area contributed by atoms with Crippen molar-refractivity contribution in [1.82, 2.24) is 5.32 Å². The number of methoxy groups -OCH3 is 1. The van der Waals surface area contributed by atoms with Gasteiger partial charge in [0.1, 0.15) is 12.3 Å². The lowest BCUT2D eigenvalue weighted by Gasteiger charge is -2.23. The molecule has 152 valence electrons. The van der Waals surface area contributed by atoms with E-state index in [1.807, 2.05) is 37.3 Å². The Morgan fingerprint density at radius 2 is 1.89 bits per heavy atom. The van der Waals surface area contributed by atoms with Gasteiger partial charge in [-0.25, -0.2) is 8.42 Å². The van der Waals surface area contributed by atoms with Gasteiger partial charge in [-0.2, -0.15) is 0 Å². The standard InChI is InChI=1S/C20H25ClN2O4S/c1-15(9-10-16-7-5-4-6-8-16)22-20(24)14-23(28(3,25)26)17-11-12-19(27-2)18(21)13-17/h4-8,11-13,15H,9-10,14H2,1-3H3,(H,22,24)/t15-/m1/s1. The van der Waals surface area contributed by atoms with Crippen molar-refractivity contribution < 1.29 is 17.9 Å². The molecule has 0 aliphatic rings. The summed E-state index contributed by atoms with van der Waals surface area (Å²) in [5.41, 5.74) is 1.50. The van der Waals surface area contributed by atoms with Crippen LogP contribution in [0.5, 0.6) is 5.75 Å². The summed E-state index contributed by atoms with van der Waals surface area (Å²) in [6.07, 6.45) is 2.63. The van der Waals surface area contributed by atoms with Gasteiger partial charge < -0.3 is 10.1 Å². The molecule has 0 aliphatic carbocycles. The lowest BCUT2D eigenvalue weighted by molar-refractivity contribution is -0.120. The van der Waals surface area contributed by atoms with Gasteiger partial charge in [0, 0.05) is 6.04 Å². The van der Waals surface area contributed by atoms with E-state index in [-0.39, 0.29) is 23.5 Å². The van der Waals surface area contributed by atoms with E-state index in [1.165, 1.54) is 18.7 Å². The molecule has 6 nitrogen and oxygen atoms in total. The van der Waals surface area contributed by atoms with Crippen LogP contribution >= 0.6 is 11.6 Å². The minimum Gasteiger partial charge on any atom is -0.495 e. The molecule has 0 spiro atoms. The van der Waals surface area contributed by atoms with Gasteiger partial charge in [-0.3, -0.25) is 9.10 Å². The topological polar surface area (TPSA) is 75.7 Å². The van der Waals surface area contributed by atoms with Gasteiger partial charge in [-0.1, -0.05) is 41.9 Å². The Morgan fingerprint density at radius 1 is 1.21 bits per heavy atom. The van der Waals surface area contributed by atoms with Gasteiger partial charge in [0.25, 0.3) is 0 Å². The Morgan fingerprint density at radius 3 is 2.46 bits per heavy atom. The van der Waals surface area contributed by atoms with E-state index in [0.29, 0.717) is 11.4 Å². The number of amides is 1. The number of nitrogens with zero attached hydrogens (tertiary/aromatic N) is 1. The molecular formula is C20H25ClN2O4S. The number of anilines is 1. The number of rotatable bonds is 9. The van der Waals surface area contributed by atoms with E-state index in [1.54, 1.807) is 12.1 Å². The number of halogens is 1. The highest BCUT2D eigenvalue weighted by molar-refractivity contribution is 7.92. The highest BCUT2D eigenvalue weighted by atomic mass is 35.5. The molecule has 2 rings (SSSR count). The van der Waals surface area contributed by atoms with Gasteiger partial charge in [-0.15, -0.1) is 0 Å². The van der Waals surface area contributed by atoms with Crippen LogP contribution in [0, 0.1) is 0 Å². The third-order valence-electron chi connectivity index (χ3n) is 4.23. The number of carbonyl (C=O) groups is 1. The number of benzene rings is 2. The first-order valence-corrected chi connectivity index (χ1v) is 11.1. The Hall–Kier alpha value is -2.25. The van der Waals surface area contributed by atoms with Crippen molar-refractivity contribution in [2.75, 3.05) is 24.2 Å². The van der Waals surface area contributed by atoms with Crippen molar-refractivity contribution in [2.45, 2.75) is 25.8 Å². The number of hydrogen-bond acceptors (Lipinski definition) is 4. The van der Waals surface area contributed by atoms with Crippen LogP contribution in [0.25, 0.3) is 0 Å². The van der Waals surface area contributed by atoms with Crippen molar-refractivity contribution in [1.29, 1.82) is 0 Å². The van der Waals surface area contributed by atoms with E-state index in [0.717, 1.165) is 23.4 Å². The predicted molar refractivity (Wildman–Crippen MR) is 113 cm³/mol. The molecule has 0 fully saturated rings. The van der Waals surface area contributed by atoms with Crippen molar-refractivity contribution in [3.8, 4) is 5.75 Å². The van der Waals surface area contributed by atoms with Crippen molar-refractivity contribution >= 4 is 33.2 Å². The molecule has 0 saturated carbocycles. The van der Waals surface area contributed by atoms with Crippen LogP contribution < -0.4 is 14.4 Å². The fourth-order valence-electron chi connectivity index (χ4n) is 2.76. The van der Waals surface area contributed by atoms with Crippen LogP contribution in [-0.2, 0) is 21.2 Å². The smallest absolute Gasteiger partial charge is 0.240 e. The Bertz CT molecular complexity index is 904. The molecule has 28 heavy (non-hydrogen) atoms. The third-order valence-corrected chi connectivity index (χ3v) is 5.66. The third kappa shape index (κ3) is 6.42. The maximum Gasteiger partial charge on any atom is 0.240 e. The number of aryl methyl sites for hydroxylation is 1. The molecule has 0 unspecified atom stereocenters. The number of nitrogens with one attached hydrogen (secondary N) is 1. The van der Waals surface area contributed by atoms with Gasteiger partial charge >= 0.3 is 0 Å². The minimum atomic E-state index is -3.67. The largest absolute Gasteiger partial charge is 0.495 e. The second-order valence-corrected chi connectivity index (χ2v) is 8.90. The molecule has 2 aromatic carbocycles. The summed E-state index contributed by atoms with van der Waals surface area (Å²) in [5.74, 6) is 0.0516. The van der Waals surface area contributed by atoms with Gasteiger partial charge in [0.2, 0.25) is 15.9 Å². The molecule has 1 atom stereocenters. The number of carbonyl (C=O) groups excluding carboxylic acids is 1. The van der Waals surface area contributed by atoms with E-state index >= 15 is 0 Å². The normalized spacial score (nSPS) is 12.3. The summed E-state index contributed by atoms with van der Waals surface area (Å²) in [5, 5.41) is 3.13. The summed E-state index contributed by atoms with van der Waals surface area (Å²) < 4.78 is 30.5. The van der Waals surface area contributed by atoms with Crippen LogP contribution in [-0.4, -0.2) is 40.3 Å². The predicted octanol–water partition coefficient (Wildman–Crippen LogP) is 3.25. The van der Waals surface area contributed by atoms with Crippen LogP contribution in [0.2, 0.25) is 5.02 Å². The number of ether oxygens (including phenoxy) is 1. The van der Waals surface area contributed by atoms with Crippen molar-refractivity contribution in [3.63, 3.8) is 0 Å². The fraction of sp³-hybridized carbons (Fsp3) is 0.350. The molecule has 8 heteroatoms. The zero-order valence-electron chi connectivity index (χ0n) is 16.2. The zero-order chi connectivity index (χ0) is 20.7. The molecule has 2 aromatic rings. The van der Waals surface area contributed by atoms with Crippen LogP contribution in [0.3, 0.4) is 0 Å². The zero-order valence-corrected chi connectivity index (χ0v) is 17.8. The fourth-order valence-corrected chi connectivity index (χ4v) is 3.86. The molecule has 0 aromatic heterocycles. The first kappa shape index (κ1) is 22.0. The van der Waals surface area contributed by atoms with Crippen molar-refractivity contribution in [2.24, 2.45) is 0 Å². The van der Waals surface area contributed by atoms with E-state index in [2.05, 4.69) is 5.32 Å². The lowest BCUT2D eigenvalue weighted by atomic mass is 10.1. The molecular weight excluding hydrogens is 400 g/mol. The van der Waals surface area contributed by atoms with E-state index in [4.69, 9.17) is 16.3 Å². The SMILES string of the molecule is COc1ccc(N(CC(=O)N[C@H](C)CCc2ccccc2)S(C)(=O)=O)cc1Cl. The second kappa shape index (κ2) is 9.80. The van der Waals surface area contributed by atoms with E-state index < -0.39 is 10.0 Å². The van der Waals surface area contributed by atoms with E-state index in [9.17, 15) is 13.2 Å². The van der Waals surface area contributed by atoms with Gasteiger partial charge in [0.15, 0.2) is 0 Å². The Labute approximate surface area is 171 Å². The first-order chi connectivity index (χ1) is 13.2. The molecule has 1 amide bonds. The summed E-state index contributed by atoms with van der Waals surface area (Å²) in [7, 11) is -2.20. The van der Waals surface area contributed by atoms with Gasteiger partial charge in [0.05, 0.1) is 24.1 Å².